The third kappa shape index (κ3) is 1.02. The lowest BCUT2D eigenvalue weighted by atomic mass is 10.4. The third-order valence-corrected chi connectivity index (χ3v) is 1.78. The molecule has 5 nitrogen and oxygen atoms in total. The molecule has 0 radical (unpaired) electrons. The van der Waals surface area contributed by atoms with Crippen LogP contribution in [-0.2, 0) is 24.4 Å². The number of hydrogen-bond donors (Lipinski definition) is 1. The van der Waals surface area contributed by atoms with Crippen LogP contribution in [0, 0.1) is 0 Å². The molecule has 0 bridgehead atoms. The molecule has 0 fully saturated rings. The lowest BCUT2D eigenvalue weighted by Crippen LogP contribution is -2.19. The molecule has 1 aliphatic rings. The van der Waals surface area contributed by atoms with Crippen molar-refractivity contribution >= 4 is 0 Å². The summed E-state index contributed by atoms with van der Waals surface area (Å²) in [7, 11) is 0. The van der Waals surface area contributed by atoms with Crippen LogP contribution in [-0.4, -0.2) is 21.4 Å². The van der Waals surface area contributed by atoms with Gasteiger partial charge in [-0.2, -0.15) is 0 Å². The van der Waals surface area contributed by atoms with Crippen molar-refractivity contribution in [3.8, 4) is 0 Å². The van der Waals surface area contributed by atoms with Gasteiger partial charge in [-0.3, -0.25) is 0 Å². The molecule has 1 aromatic rings. The van der Waals surface area contributed by atoms with Crippen molar-refractivity contribution < 1.29 is 4.74 Å². The van der Waals surface area contributed by atoms with Crippen molar-refractivity contribution in [2.45, 2.75) is 19.7 Å². The van der Waals surface area contributed by atoms with E-state index in [1.165, 1.54) is 0 Å². The van der Waals surface area contributed by atoms with Crippen LogP contribution in [0.2, 0.25) is 0 Å². The zero-order chi connectivity index (χ0) is 7.68. The Morgan fingerprint density at radius 1 is 1.55 bits per heavy atom. The minimum Gasteiger partial charge on any atom is -0.372 e. The van der Waals surface area contributed by atoms with Gasteiger partial charge in [0.05, 0.1) is 13.2 Å². The SMILES string of the molecule is NCc1nnc2n1CCOC2. The number of hydrogen-bond acceptors (Lipinski definition) is 4. The van der Waals surface area contributed by atoms with Gasteiger partial charge in [0.25, 0.3) is 0 Å². The third-order valence-electron chi connectivity index (χ3n) is 1.78. The van der Waals surface area contributed by atoms with E-state index < -0.39 is 0 Å². The van der Waals surface area contributed by atoms with Gasteiger partial charge in [-0.25, -0.2) is 0 Å². The van der Waals surface area contributed by atoms with E-state index in [9.17, 15) is 0 Å². The second kappa shape index (κ2) is 2.60. The van der Waals surface area contributed by atoms with Gasteiger partial charge in [0.2, 0.25) is 0 Å². The Hall–Kier alpha value is -0.940. The van der Waals surface area contributed by atoms with Gasteiger partial charge in [-0.15, -0.1) is 10.2 Å². The molecule has 0 amide bonds. The second-order valence-electron chi connectivity index (χ2n) is 2.44. The average molecular weight is 154 g/mol. The first kappa shape index (κ1) is 6.75. The van der Waals surface area contributed by atoms with E-state index in [1.54, 1.807) is 0 Å². The number of aromatic nitrogens is 3. The summed E-state index contributed by atoms with van der Waals surface area (Å²) in [5, 5.41) is 7.86. The summed E-state index contributed by atoms with van der Waals surface area (Å²) in [6, 6.07) is 0. The summed E-state index contributed by atoms with van der Waals surface area (Å²) in [4.78, 5) is 0. The van der Waals surface area contributed by atoms with Gasteiger partial charge in [-0.1, -0.05) is 0 Å². The van der Waals surface area contributed by atoms with Crippen molar-refractivity contribution in [3.05, 3.63) is 11.6 Å². The van der Waals surface area contributed by atoms with E-state index >= 15 is 0 Å². The smallest absolute Gasteiger partial charge is 0.159 e. The number of fused-ring (bicyclic) bond motifs is 1. The predicted octanol–water partition coefficient (Wildman–Crippen LogP) is -0.733. The molecule has 0 aromatic carbocycles. The van der Waals surface area contributed by atoms with Crippen molar-refractivity contribution in [3.63, 3.8) is 0 Å². The molecule has 0 spiro atoms. The molecule has 1 aromatic heterocycles. The zero-order valence-electron chi connectivity index (χ0n) is 6.16. The van der Waals surface area contributed by atoms with Gasteiger partial charge >= 0.3 is 0 Å². The molecule has 2 rings (SSSR count). The fraction of sp³-hybridized carbons (Fsp3) is 0.667. The Labute approximate surface area is 64.2 Å². The normalized spacial score (nSPS) is 16.5. The van der Waals surface area contributed by atoms with Gasteiger partial charge in [-0.05, 0) is 0 Å². The fourth-order valence-electron chi connectivity index (χ4n) is 1.21. The van der Waals surface area contributed by atoms with Gasteiger partial charge in [0, 0.05) is 6.54 Å². The lowest BCUT2D eigenvalue weighted by Gasteiger charge is -2.14. The molecular formula is C6H10N4O. The van der Waals surface area contributed by atoms with Crippen LogP contribution in [0.1, 0.15) is 11.6 Å². The topological polar surface area (TPSA) is 66.0 Å². The van der Waals surface area contributed by atoms with Gasteiger partial charge in [0.15, 0.2) is 5.82 Å². The first-order valence-electron chi connectivity index (χ1n) is 3.60. The van der Waals surface area contributed by atoms with Crippen LogP contribution < -0.4 is 5.73 Å². The number of nitrogens with zero attached hydrogens (tertiary/aromatic N) is 3. The molecule has 2 N–H and O–H groups in total. The monoisotopic (exact) mass is 154 g/mol. The maximum atomic E-state index is 5.45. The summed E-state index contributed by atoms with van der Waals surface area (Å²) in [5.74, 6) is 1.74. The minimum atomic E-state index is 0.451. The number of rotatable bonds is 1. The molecule has 60 valence electrons. The maximum Gasteiger partial charge on any atom is 0.159 e. The van der Waals surface area contributed by atoms with Gasteiger partial charge in [0.1, 0.15) is 12.4 Å². The molecule has 11 heavy (non-hydrogen) atoms. The molecule has 0 saturated heterocycles. The highest BCUT2D eigenvalue weighted by Crippen LogP contribution is 2.07. The van der Waals surface area contributed by atoms with E-state index in [0.29, 0.717) is 13.2 Å². The summed E-state index contributed by atoms with van der Waals surface area (Å²) >= 11 is 0. The molecule has 0 aliphatic carbocycles. The van der Waals surface area contributed by atoms with Crippen molar-refractivity contribution in [1.29, 1.82) is 0 Å². The van der Waals surface area contributed by atoms with Gasteiger partial charge < -0.3 is 15.0 Å². The predicted molar refractivity (Wildman–Crippen MR) is 37.6 cm³/mol. The summed E-state index contributed by atoms with van der Waals surface area (Å²) in [5.41, 5.74) is 5.45. The average Bonchev–Trinajstić information content (AvgIpc) is 2.47. The zero-order valence-corrected chi connectivity index (χ0v) is 6.16. The Bertz CT molecular complexity index is 244. The van der Waals surface area contributed by atoms with E-state index in [2.05, 4.69) is 10.2 Å². The molecule has 5 heteroatoms. The van der Waals surface area contributed by atoms with Crippen LogP contribution in [0.4, 0.5) is 0 Å². The van der Waals surface area contributed by atoms with E-state index in [4.69, 9.17) is 10.5 Å². The lowest BCUT2D eigenvalue weighted by molar-refractivity contribution is 0.0806. The molecule has 2 heterocycles. The fourth-order valence-corrected chi connectivity index (χ4v) is 1.21. The highest BCUT2D eigenvalue weighted by molar-refractivity contribution is 4.95. The second-order valence-corrected chi connectivity index (χ2v) is 2.44. The first-order chi connectivity index (χ1) is 5.42. The van der Waals surface area contributed by atoms with E-state index in [1.807, 2.05) is 4.57 Å². The van der Waals surface area contributed by atoms with Crippen LogP contribution in [0.5, 0.6) is 0 Å². The Morgan fingerprint density at radius 3 is 3.27 bits per heavy atom. The summed E-state index contributed by atoms with van der Waals surface area (Å²) in [6.45, 7) is 2.58. The highest BCUT2D eigenvalue weighted by atomic mass is 16.5. The summed E-state index contributed by atoms with van der Waals surface area (Å²) < 4.78 is 7.21. The van der Waals surface area contributed by atoms with Crippen molar-refractivity contribution in [2.24, 2.45) is 5.73 Å². The minimum absolute atomic E-state index is 0.451. The van der Waals surface area contributed by atoms with Crippen molar-refractivity contribution in [1.82, 2.24) is 14.8 Å². The standard InChI is InChI=1S/C6H10N4O/c7-3-5-8-9-6-4-11-2-1-10(5)6/h1-4,7H2. The molecule has 0 atom stereocenters. The Kier molecular flexibility index (Phi) is 1.59. The number of nitrogens with two attached hydrogens (primary N) is 1. The van der Waals surface area contributed by atoms with E-state index in [-0.39, 0.29) is 0 Å². The number of ether oxygens (including phenoxy) is 1. The van der Waals surface area contributed by atoms with Crippen LogP contribution in [0.15, 0.2) is 0 Å². The quantitative estimate of drug-likeness (QED) is 0.579. The largest absolute Gasteiger partial charge is 0.372 e. The van der Waals surface area contributed by atoms with Crippen LogP contribution in [0.3, 0.4) is 0 Å². The van der Waals surface area contributed by atoms with Crippen LogP contribution >= 0.6 is 0 Å². The summed E-state index contributed by atoms with van der Waals surface area (Å²) in [6.07, 6.45) is 0. The highest BCUT2D eigenvalue weighted by Gasteiger charge is 2.14. The molecule has 1 aliphatic heterocycles. The Balaban J connectivity index is 2.38. The van der Waals surface area contributed by atoms with Crippen molar-refractivity contribution in [2.75, 3.05) is 6.61 Å². The first-order valence-corrected chi connectivity index (χ1v) is 3.60. The maximum absolute atomic E-state index is 5.45. The van der Waals surface area contributed by atoms with Crippen LogP contribution in [0.25, 0.3) is 0 Å². The van der Waals surface area contributed by atoms with E-state index in [0.717, 1.165) is 24.8 Å². The molecular weight excluding hydrogens is 144 g/mol. The molecule has 0 unspecified atom stereocenters. The molecule has 0 saturated carbocycles. The Morgan fingerprint density at radius 2 is 2.45 bits per heavy atom.